The van der Waals surface area contributed by atoms with E-state index >= 15 is 0 Å². The van der Waals surface area contributed by atoms with Crippen molar-refractivity contribution in [2.75, 3.05) is 13.7 Å². The van der Waals surface area contributed by atoms with E-state index in [1.807, 2.05) is 51.1 Å². The summed E-state index contributed by atoms with van der Waals surface area (Å²) in [5.74, 6) is -0.369. The number of amides is 1. The van der Waals surface area contributed by atoms with Crippen molar-refractivity contribution in [2.45, 2.75) is 39.5 Å². The third kappa shape index (κ3) is 7.13. The van der Waals surface area contributed by atoms with Crippen LogP contribution >= 0.6 is 0 Å². The zero-order chi connectivity index (χ0) is 23.0. The summed E-state index contributed by atoms with van der Waals surface area (Å²) in [5.41, 5.74) is 6.82. The highest BCUT2D eigenvalue weighted by atomic mass is 19.3. The third-order valence-corrected chi connectivity index (χ3v) is 4.32. The fraction of sp³-hybridized carbons (Fsp3) is 0.364. The standard InChI is InChI=1S/C22H27F2N3O4/c1-22(2,3)27(13-15-8-6-5-7-9-15)19(28)14-30-26-20(25)16-10-11-17(31-21(23)24)18(12-16)29-4/h5-12,21H,13-14H2,1-4H3,(H2,25,26). The van der Waals surface area contributed by atoms with Crippen molar-refractivity contribution in [3.8, 4) is 11.5 Å². The predicted molar refractivity (Wildman–Crippen MR) is 113 cm³/mol. The van der Waals surface area contributed by atoms with E-state index in [2.05, 4.69) is 9.89 Å². The van der Waals surface area contributed by atoms with E-state index in [1.54, 1.807) is 4.90 Å². The number of nitrogens with zero attached hydrogens (tertiary/aromatic N) is 2. The Kier molecular flexibility index (Phi) is 8.18. The number of halogens is 2. The van der Waals surface area contributed by atoms with Gasteiger partial charge in [0, 0.05) is 17.6 Å². The molecule has 168 valence electrons. The topological polar surface area (TPSA) is 86.4 Å². The van der Waals surface area contributed by atoms with Crippen molar-refractivity contribution in [2.24, 2.45) is 10.9 Å². The quantitative estimate of drug-likeness (QED) is 0.368. The number of hydrogen-bond acceptors (Lipinski definition) is 5. The number of methoxy groups -OCH3 is 1. The molecule has 0 unspecified atom stereocenters. The fourth-order valence-corrected chi connectivity index (χ4v) is 2.77. The zero-order valence-electron chi connectivity index (χ0n) is 18.0. The van der Waals surface area contributed by atoms with Crippen LogP contribution in [0.1, 0.15) is 31.9 Å². The van der Waals surface area contributed by atoms with Gasteiger partial charge in [0.25, 0.3) is 5.91 Å². The van der Waals surface area contributed by atoms with Crippen molar-refractivity contribution in [3.05, 3.63) is 59.7 Å². The molecule has 0 aliphatic carbocycles. The first-order valence-electron chi connectivity index (χ1n) is 9.55. The number of carbonyl (C=O) groups is 1. The Balaban J connectivity index is 2.06. The Hall–Kier alpha value is -3.36. The summed E-state index contributed by atoms with van der Waals surface area (Å²) in [6.07, 6.45) is 0. The number of nitrogens with two attached hydrogens (primary N) is 1. The molecule has 7 nitrogen and oxygen atoms in total. The lowest BCUT2D eigenvalue weighted by atomic mass is 10.0. The van der Waals surface area contributed by atoms with E-state index in [0.717, 1.165) is 5.56 Å². The molecule has 2 rings (SSSR count). The van der Waals surface area contributed by atoms with Gasteiger partial charge in [0.2, 0.25) is 0 Å². The van der Waals surface area contributed by atoms with Gasteiger partial charge < -0.3 is 24.9 Å². The van der Waals surface area contributed by atoms with Crippen LogP contribution in [-0.4, -0.2) is 42.5 Å². The maximum Gasteiger partial charge on any atom is 0.387 e. The lowest BCUT2D eigenvalue weighted by Gasteiger charge is -2.35. The second kappa shape index (κ2) is 10.6. The molecule has 31 heavy (non-hydrogen) atoms. The molecule has 0 fully saturated rings. The van der Waals surface area contributed by atoms with Crippen molar-refractivity contribution in [1.82, 2.24) is 4.90 Å². The van der Waals surface area contributed by atoms with Crippen LogP contribution in [0.15, 0.2) is 53.7 Å². The van der Waals surface area contributed by atoms with Gasteiger partial charge in [-0.25, -0.2) is 0 Å². The largest absolute Gasteiger partial charge is 0.493 e. The minimum atomic E-state index is -2.98. The lowest BCUT2D eigenvalue weighted by molar-refractivity contribution is -0.141. The molecule has 0 radical (unpaired) electrons. The van der Waals surface area contributed by atoms with E-state index in [0.29, 0.717) is 12.1 Å². The van der Waals surface area contributed by atoms with Gasteiger partial charge in [-0.2, -0.15) is 8.78 Å². The first kappa shape index (κ1) is 23.9. The molecule has 0 spiro atoms. The van der Waals surface area contributed by atoms with Crippen LogP contribution in [0.25, 0.3) is 0 Å². The minimum absolute atomic E-state index is 0.0416. The zero-order valence-corrected chi connectivity index (χ0v) is 18.0. The minimum Gasteiger partial charge on any atom is -0.493 e. The molecule has 1 amide bonds. The van der Waals surface area contributed by atoms with Gasteiger partial charge in [-0.15, -0.1) is 0 Å². The molecule has 0 saturated heterocycles. The van der Waals surface area contributed by atoms with E-state index < -0.39 is 12.2 Å². The summed E-state index contributed by atoms with van der Waals surface area (Å²) in [6, 6.07) is 13.7. The summed E-state index contributed by atoms with van der Waals surface area (Å²) >= 11 is 0. The van der Waals surface area contributed by atoms with Gasteiger partial charge in [0.05, 0.1) is 7.11 Å². The number of carbonyl (C=O) groups excluding carboxylic acids is 1. The molecule has 0 atom stereocenters. The summed E-state index contributed by atoms with van der Waals surface area (Å²) in [5, 5.41) is 3.77. The molecule has 2 N–H and O–H groups in total. The second-order valence-corrected chi connectivity index (χ2v) is 7.63. The Morgan fingerprint density at radius 1 is 1.13 bits per heavy atom. The highest BCUT2D eigenvalue weighted by Gasteiger charge is 2.27. The van der Waals surface area contributed by atoms with Crippen LogP contribution in [0.4, 0.5) is 8.78 Å². The fourth-order valence-electron chi connectivity index (χ4n) is 2.77. The molecular weight excluding hydrogens is 408 g/mol. The molecule has 0 aliphatic heterocycles. The monoisotopic (exact) mass is 435 g/mol. The summed E-state index contributed by atoms with van der Waals surface area (Å²) in [7, 11) is 1.31. The Labute approximate surface area is 180 Å². The van der Waals surface area contributed by atoms with Gasteiger partial charge in [-0.1, -0.05) is 35.5 Å². The number of hydrogen-bond donors (Lipinski definition) is 1. The number of ether oxygens (including phenoxy) is 2. The van der Waals surface area contributed by atoms with Crippen molar-refractivity contribution < 1.29 is 27.9 Å². The number of benzene rings is 2. The first-order chi connectivity index (χ1) is 14.6. The molecule has 0 heterocycles. The third-order valence-electron chi connectivity index (χ3n) is 4.32. The van der Waals surface area contributed by atoms with E-state index in [-0.39, 0.29) is 29.8 Å². The molecular formula is C22H27F2N3O4. The van der Waals surface area contributed by atoms with Crippen molar-refractivity contribution in [3.63, 3.8) is 0 Å². The average molecular weight is 435 g/mol. The van der Waals surface area contributed by atoms with Crippen LogP contribution in [0.3, 0.4) is 0 Å². The summed E-state index contributed by atoms with van der Waals surface area (Å²) in [4.78, 5) is 19.6. The van der Waals surface area contributed by atoms with Gasteiger partial charge >= 0.3 is 6.61 Å². The van der Waals surface area contributed by atoms with Gasteiger partial charge in [0.1, 0.15) is 0 Å². The molecule has 0 bridgehead atoms. The number of oxime groups is 1. The highest BCUT2D eigenvalue weighted by molar-refractivity contribution is 5.97. The lowest BCUT2D eigenvalue weighted by Crippen LogP contribution is -2.46. The van der Waals surface area contributed by atoms with Crippen LogP contribution in [0.2, 0.25) is 0 Å². The maximum absolute atomic E-state index is 12.7. The Bertz CT molecular complexity index is 899. The summed E-state index contributed by atoms with van der Waals surface area (Å²) < 4.78 is 34.3. The molecule has 9 heteroatoms. The molecule has 0 saturated carbocycles. The number of alkyl halides is 2. The number of rotatable bonds is 9. The van der Waals surface area contributed by atoms with Crippen LogP contribution < -0.4 is 15.2 Å². The maximum atomic E-state index is 12.7. The SMILES string of the molecule is COc1cc(C(N)=NOCC(=O)N(Cc2ccccc2)C(C)(C)C)ccc1OC(F)F. The Morgan fingerprint density at radius 2 is 1.81 bits per heavy atom. The highest BCUT2D eigenvalue weighted by Crippen LogP contribution is 2.29. The van der Waals surface area contributed by atoms with E-state index in [9.17, 15) is 13.6 Å². The van der Waals surface area contributed by atoms with Gasteiger partial charge in [0.15, 0.2) is 23.9 Å². The second-order valence-electron chi connectivity index (χ2n) is 7.63. The molecule has 0 aliphatic rings. The van der Waals surface area contributed by atoms with E-state index in [4.69, 9.17) is 15.3 Å². The molecule has 0 aromatic heterocycles. The van der Waals surface area contributed by atoms with Crippen LogP contribution in [0, 0.1) is 0 Å². The van der Waals surface area contributed by atoms with Gasteiger partial charge in [-0.3, -0.25) is 4.79 Å². The van der Waals surface area contributed by atoms with Crippen LogP contribution in [0.5, 0.6) is 11.5 Å². The predicted octanol–water partition coefficient (Wildman–Crippen LogP) is 3.76. The summed E-state index contributed by atoms with van der Waals surface area (Å²) in [6.45, 7) is 2.92. The van der Waals surface area contributed by atoms with Crippen molar-refractivity contribution >= 4 is 11.7 Å². The van der Waals surface area contributed by atoms with E-state index in [1.165, 1.54) is 25.3 Å². The smallest absolute Gasteiger partial charge is 0.387 e. The Morgan fingerprint density at radius 3 is 2.39 bits per heavy atom. The molecule has 2 aromatic carbocycles. The van der Waals surface area contributed by atoms with Gasteiger partial charge in [-0.05, 0) is 44.5 Å². The number of amidine groups is 1. The molecule has 2 aromatic rings. The average Bonchev–Trinajstić information content (AvgIpc) is 2.71. The van der Waals surface area contributed by atoms with Crippen LogP contribution in [-0.2, 0) is 16.2 Å². The normalized spacial score (nSPS) is 11.9. The van der Waals surface area contributed by atoms with Crippen molar-refractivity contribution in [1.29, 1.82) is 0 Å². The first-order valence-corrected chi connectivity index (χ1v) is 9.55.